The second-order valence-electron chi connectivity index (χ2n) is 13.1. The first-order chi connectivity index (χ1) is 24.4. The maximum absolute atomic E-state index is 13.5. The van der Waals surface area contributed by atoms with Gasteiger partial charge in [0.05, 0.1) is 42.0 Å². The minimum absolute atomic E-state index is 0.00941. The van der Waals surface area contributed by atoms with Crippen LogP contribution < -0.4 is 10.1 Å². The van der Waals surface area contributed by atoms with Gasteiger partial charge in [-0.1, -0.05) is 29.8 Å². The Labute approximate surface area is 300 Å². The fourth-order valence-corrected chi connectivity index (χ4v) is 7.52. The van der Waals surface area contributed by atoms with Gasteiger partial charge in [-0.05, 0) is 67.1 Å². The van der Waals surface area contributed by atoms with Crippen LogP contribution in [0.5, 0.6) is 5.75 Å². The molecule has 3 aromatic rings. The number of ether oxygens (including phenoxy) is 3. The minimum Gasteiger partial charge on any atom is -0.490 e. The van der Waals surface area contributed by atoms with Crippen molar-refractivity contribution in [3.8, 4) is 16.9 Å². The summed E-state index contributed by atoms with van der Waals surface area (Å²) in [4.78, 5) is 16.6. The molecule has 2 heterocycles. The Morgan fingerprint density at radius 1 is 1.00 bits per heavy atom. The standard InChI is InChI=1S/C35H42ClN3O11S/c36-28-8-7-24(51(46,47)39-16-23(17-39)48-20-32(43)38-15-29(41)33(44)34(45)30(42)18-40)13-21(28)19-49-35(10-11-35)27-14-37-12-9-25(27)26-3-1-2-4-31(26)50-22-5-6-22/h1-4,7-9,12-14,22-23,29-30,33-34,40-42,44-45H,5-6,10-11,15-20H2,(H,38,43). The number of benzene rings is 2. The molecule has 0 radical (unpaired) electrons. The molecule has 0 spiro atoms. The van der Waals surface area contributed by atoms with E-state index in [4.69, 9.17) is 30.9 Å². The number of pyridine rings is 1. The van der Waals surface area contributed by atoms with Gasteiger partial charge in [0.2, 0.25) is 15.9 Å². The Morgan fingerprint density at radius 2 is 1.73 bits per heavy atom. The average molecular weight is 748 g/mol. The topological polar surface area (TPSA) is 208 Å². The van der Waals surface area contributed by atoms with E-state index in [0.717, 1.165) is 48.1 Å². The van der Waals surface area contributed by atoms with Crippen LogP contribution in [0.25, 0.3) is 11.1 Å². The fraction of sp³-hybridized carbons (Fsp3) is 0.486. The van der Waals surface area contributed by atoms with Gasteiger partial charge in [0, 0.05) is 48.2 Å². The van der Waals surface area contributed by atoms with Crippen LogP contribution in [0, 0.1) is 0 Å². The quantitative estimate of drug-likeness (QED) is 0.108. The van der Waals surface area contributed by atoms with Gasteiger partial charge in [-0.25, -0.2) is 8.42 Å². The number of nitrogens with one attached hydrogen (secondary N) is 1. The average Bonchev–Trinajstić information content (AvgIpc) is 4.06. The number of hydrogen-bond donors (Lipinski definition) is 6. The molecule has 1 amide bonds. The minimum atomic E-state index is -3.91. The molecule has 3 fully saturated rings. The van der Waals surface area contributed by atoms with Crippen LogP contribution in [0.1, 0.15) is 36.8 Å². The van der Waals surface area contributed by atoms with Gasteiger partial charge < -0.3 is 45.1 Å². The van der Waals surface area contributed by atoms with E-state index in [1.54, 1.807) is 6.20 Å². The summed E-state index contributed by atoms with van der Waals surface area (Å²) in [6.07, 6.45) is -0.0686. The van der Waals surface area contributed by atoms with Crippen LogP contribution in [0.4, 0.5) is 0 Å². The first-order valence-electron chi connectivity index (χ1n) is 16.8. The highest BCUT2D eigenvalue weighted by Gasteiger charge is 2.48. The van der Waals surface area contributed by atoms with E-state index < -0.39 is 71.8 Å². The first kappa shape index (κ1) is 37.5. The van der Waals surface area contributed by atoms with Crippen molar-refractivity contribution >= 4 is 27.5 Å². The number of carbonyl (C=O) groups is 1. The van der Waals surface area contributed by atoms with Gasteiger partial charge in [0.25, 0.3) is 0 Å². The zero-order chi connectivity index (χ0) is 36.3. The van der Waals surface area contributed by atoms with Gasteiger partial charge in [-0.15, -0.1) is 0 Å². The fourth-order valence-electron chi connectivity index (χ4n) is 5.79. The third-order valence-corrected chi connectivity index (χ3v) is 11.5. The van der Waals surface area contributed by atoms with Crippen LogP contribution >= 0.6 is 11.6 Å². The lowest BCUT2D eigenvalue weighted by Crippen LogP contribution is -2.55. The van der Waals surface area contributed by atoms with E-state index in [1.165, 1.54) is 22.5 Å². The lowest BCUT2D eigenvalue weighted by atomic mass is 9.96. The third kappa shape index (κ3) is 8.71. The molecule has 3 aliphatic rings. The third-order valence-electron chi connectivity index (χ3n) is 9.27. The Kier molecular flexibility index (Phi) is 11.6. The summed E-state index contributed by atoms with van der Waals surface area (Å²) in [6.45, 7) is -1.63. The Hall–Kier alpha value is -3.22. The number of sulfonamides is 1. The Bertz CT molecular complexity index is 1800. The maximum atomic E-state index is 13.5. The van der Waals surface area contributed by atoms with Crippen molar-refractivity contribution in [1.29, 1.82) is 0 Å². The summed E-state index contributed by atoms with van der Waals surface area (Å²) in [6, 6.07) is 14.4. The van der Waals surface area contributed by atoms with Crippen molar-refractivity contribution in [2.45, 2.75) is 79.4 Å². The molecule has 1 aliphatic heterocycles. The number of aromatic nitrogens is 1. The molecular formula is C35H42ClN3O11S. The number of para-hydroxylation sites is 1. The molecule has 4 unspecified atom stereocenters. The Balaban J connectivity index is 1.03. The molecule has 0 bridgehead atoms. The molecular weight excluding hydrogens is 706 g/mol. The number of amides is 1. The molecule has 2 aliphatic carbocycles. The highest BCUT2D eigenvalue weighted by molar-refractivity contribution is 7.89. The molecule has 276 valence electrons. The predicted molar refractivity (Wildman–Crippen MR) is 183 cm³/mol. The number of aliphatic hydroxyl groups excluding tert-OH is 5. The number of aliphatic hydroxyl groups is 5. The van der Waals surface area contributed by atoms with Crippen molar-refractivity contribution in [3.05, 3.63) is 77.1 Å². The molecule has 2 saturated carbocycles. The van der Waals surface area contributed by atoms with E-state index in [0.29, 0.717) is 10.6 Å². The zero-order valence-corrected chi connectivity index (χ0v) is 29.2. The molecule has 2 aromatic carbocycles. The van der Waals surface area contributed by atoms with E-state index in [1.807, 2.05) is 36.5 Å². The number of rotatable bonds is 18. The number of hydrogen-bond acceptors (Lipinski definition) is 12. The molecule has 14 nitrogen and oxygen atoms in total. The summed E-state index contributed by atoms with van der Waals surface area (Å²) in [5.41, 5.74) is 2.78. The van der Waals surface area contributed by atoms with E-state index in [-0.39, 0.29) is 30.7 Å². The number of carbonyl (C=O) groups excluding carboxylic acids is 1. The van der Waals surface area contributed by atoms with Gasteiger partial charge in [-0.3, -0.25) is 9.78 Å². The lowest BCUT2D eigenvalue weighted by molar-refractivity contribution is -0.133. The molecule has 6 rings (SSSR count). The smallest absolute Gasteiger partial charge is 0.246 e. The number of nitrogens with zero attached hydrogens (tertiary/aromatic N) is 2. The van der Waals surface area contributed by atoms with Gasteiger partial charge >= 0.3 is 0 Å². The molecule has 1 aromatic heterocycles. The number of halogens is 1. The predicted octanol–water partition coefficient (Wildman–Crippen LogP) is 1.09. The van der Waals surface area contributed by atoms with Gasteiger partial charge in [0.15, 0.2) is 0 Å². The second-order valence-corrected chi connectivity index (χ2v) is 15.5. The van der Waals surface area contributed by atoms with Crippen molar-refractivity contribution < 1.29 is 53.0 Å². The monoisotopic (exact) mass is 747 g/mol. The maximum Gasteiger partial charge on any atom is 0.246 e. The van der Waals surface area contributed by atoms with Crippen molar-refractivity contribution in [1.82, 2.24) is 14.6 Å². The summed E-state index contributed by atoms with van der Waals surface area (Å²) < 4.78 is 46.3. The molecule has 51 heavy (non-hydrogen) atoms. The molecule has 16 heteroatoms. The van der Waals surface area contributed by atoms with Crippen LogP contribution in [0.3, 0.4) is 0 Å². The van der Waals surface area contributed by atoms with Crippen molar-refractivity contribution in [2.24, 2.45) is 0 Å². The SMILES string of the molecule is O=C(COC1CN(S(=O)(=O)c2ccc(Cl)c(COC3(c4cnccc4-c4ccccc4OC4CC4)CC3)c2)C1)NCC(O)C(O)C(O)C(O)CO. The highest BCUT2D eigenvalue weighted by Crippen LogP contribution is 2.53. The van der Waals surface area contributed by atoms with Crippen LogP contribution in [0.2, 0.25) is 5.02 Å². The van der Waals surface area contributed by atoms with Crippen LogP contribution in [0.15, 0.2) is 65.8 Å². The zero-order valence-electron chi connectivity index (χ0n) is 27.7. The summed E-state index contributed by atoms with van der Waals surface area (Å²) >= 11 is 6.53. The lowest BCUT2D eigenvalue weighted by Gasteiger charge is -2.37. The van der Waals surface area contributed by atoms with Crippen molar-refractivity contribution in [2.75, 3.05) is 32.8 Å². The summed E-state index contributed by atoms with van der Waals surface area (Å²) in [7, 11) is -3.91. The largest absolute Gasteiger partial charge is 0.490 e. The summed E-state index contributed by atoms with van der Waals surface area (Å²) in [5, 5.41) is 50.5. The van der Waals surface area contributed by atoms with E-state index >= 15 is 0 Å². The molecule has 4 atom stereocenters. The highest BCUT2D eigenvalue weighted by atomic mass is 35.5. The Morgan fingerprint density at radius 3 is 2.43 bits per heavy atom. The normalized spacial score (nSPS) is 19.8. The van der Waals surface area contributed by atoms with Crippen LogP contribution in [-0.4, -0.2) is 119 Å². The molecule has 1 saturated heterocycles. The van der Waals surface area contributed by atoms with Crippen molar-refractivity contribution in [3.63, 3.8) is 0 Å². The first-order valence-corrected chi connectivity index (χ1v) is 18.6. The van der Waals surface area contributed by atoms with E-state index in [9.17, 15) is 33.6 Å². The van der Waals surface area contributed by atoms with Crippen LogP contribution in [-0.2, 0) is 36.5 Å². The van der Waals surface area contributed by atoms with Gasteiger partial charge in [0.1, 0.15) is 30.7 Å². The van der Waals surface area contributed by atoms with E-state index in [2.05, 4.69) is 10.3 Å². The van der Waals surface area contributed by atoms with Gasteiger partial charge in [-0.2, -0.15) is 4.31 Å². The molecule has 6 N–H and O–H groups in total. The summed E-state index contributed by atoms with van der Waals surface area (Å²) in [5.74, 6) is 0.168. The second kappa shape index (κ2) is 15.8.